The number of hydrogen-bond acceptors (Lipinski definition) is 3. The van der Waals surface area contributed by atoms with Crippen LogP contribution in [-0.2, 0) is 9.47 Å². The van der Waals surface area contributed by atoms with Crippen LogP contribution in [-0.4, -0.2) is 13.2 Å². The Hall–Kier alpha value is -2.15. The fourth-order valence-electron chi connectivity index (χ4n) is 2.50. The molecule has 0 N–H and O–H groups in total. The lowest BCUT2D eigenvalue weighted by Crippen LogP contribution is -2.07. The topological polar surface area (TPSA) is 42.2 Å². The van der Waals surface area contributed by atoms with Crippen molar-refractivity contribution in [2.75, 3.05) is 13.2 Å². The van der Waals surface area contributed by atoms with E-state index in [1.165, 1.54) is 0 Å². The Kier molecular flexibility index (Phi) is 3.78. The van der Waals surface area contributed by atoms with E-state index in [2.05, 4.69) is 6.07 Å². The zero-order valence-corrected chi connectivity index (χ0v) is 11.0. The summed E-state index contributed by atoms with van der Waals surface area (Å²) in [6.45, 7) is 1.20. The summed E-state index contributed by atoms with van der Waals surface area (Å²) in [5.74, 6) is -0.305. The first-order valence-corrected chi connectivity index (χ1v) is 6.67. The molecule has 2 aromatic carbocycles. The van der Waals surface area contributed by atoms with Gasteiger partial charge in [0.05, 0.1) is 25.2 Å². The molecule has 1 aliphatic heterocycles. The van der Waals surface area contributed by atoms with Crippen molar-refractivity contribution in [1.29, 1.82) is 5.26 Å². The Balaban J connectivity index is 2.02. The van der Waals surface area contributed by atoms with Crippen LogP contribution in [0.5, 0.6) is 0 Å². The molecule has 1 heterocycles. The van der Waals surface area contributed by atoms with E-state index in [1.54, 1.807) is 0 Å². The standard InChI is InChI=1S/C17H15NO2/c18-12-16(13-6-2-1-3-7-13)14-8-4-5-9-15(14)17-19-10-11-20-17/h1-9,16-17H,10-11H2. The molecular formula is C17H15NO2. The van der Waals surface area contributed by atoms with Crippen molar-refractivity contribution in [3.05, 3.63) is 71.3 Å². The summed E-state index contributed by atoms with van der Waals surface area (Å²) in [5, 5.41) is 9.57. The van der Waals surface area contributed by atoms with E-state index in [0.717, 1.165) is 16.7 Å². The van der Waals surface area contributed by atoms with Crippen LogP contribution in [0.15, 0.2) is 54.6 Å². The molecule has 20 heavy (non-hydrogen) atoms. The molecule has 100 valence electrons. The first-order valence-electron chi connectivity index (χ1n) is 6.67. The lowest BCUT2D eigenvalue weighted by Gasteiger charge is -2.18. The normalized spacial score (nSPS) is 16.8. The molecule has 0 bridgehead atoms. The van der Waals surface area contributed by atoms with E-state index in [4.69, 9.17) is 9.47 Å². The summed E-state index contributed by atoms with van der Waals surface area (Å²) >= 11 is 0. The van der Waals surface area contributed by atoms with Crippen LogP contribution in [0, 0.1) is 11.3 Å². The zero-order chi connectivity index (χ0) is 13.8. The third-order valence-corrected chi connectivity index (χ3v) is 3.44. The van der Waals surface area contributed by atoms with Crippen molar-refractivity contribution in [1.82, 2.24) is 0 Å². The summed E-state index contributed by atoms with van der Waals surface area (Å²) in [6, 6.07) is 20.0. The van der Waals surface area contributed by atoms with Gasteiger partial charge in [-0.1, -0.05) is 54.6 Å². The summed E-state index contributed by atoms with van der Waals surface area (Å²) in [4.78, 5) is 0. The van der Waals surface area contributed by atoms with Gasteiger partial charge in [-0.25, -0.2) is 0 Å². The molecule has 1 saturated heterocycles. The second kappa shape index (κ2) is 5.87. The van der Waals surface area contributed by atoms with E-state index in [1.807, 2.05) is 54.6 Å². The van der Waals surface area contributed by atoms with E-state index in [-0.39, 0.29) is 12.2 Å². The molecule has 2 aromatic rings. The van der Waals surface area contributed by atoms with Crippen molar-refractivity contribution < 1.29 is 9.47 Å². The molecule has 1 atom stereocenters. The average molecular weight is 265 g/mol. The molecule has 0 amide bonds. The Morgan fingerprint density at radius 2 is 1.60 bits per heavy atom. The van der Waals surface area contributed by atoms with Crippen molar-refractivity contribution in [3.63, 3.8) is 0 Å². The highest BCUT2D eigenvalue weighted by atomic mass is 16.7. The van der Waals surface area contributed by atoms with Gasteiger partial charge in [-0.05, 0) is 11.1 Å². The van der Waals surface area contributed by atoms with E-state index in [0.29, 0.717) is 13.2 Å². The second-order valence-corrected chi connectivity index (χ2v) is 4.68. The largest absolute Gasteiger partial charge is 0.346 e. The molecule has 0 saturated carbocycles. The first kappa shape index (κ1) is 12.9. The molecule has 0 spiro atoms. The maximum absolute atomic E-state index is 9.57. The highest BCUT2D eigenvalue weighted by Crippen LogP contribution is 2.33. The molecule has 1 unspecified atom stereocenters. The zero-order valence-electron chi connectivity index (χ0n) is 11.0. The van der Waals surface area contributed by atoms with Crippen LogP contribution < -0.4 is 0 Å². The SMILES string of the molecule is N#CC(c1ccccc1)c1ccccc1C1OCCO1. The fraction of sp³-hybridized carbons (Fsp3) is 0.235. The third-order valence-electron chi connectivity index (χ3n) is 3.44. The average Bonchev–Trinajstić information content (AvgIpc) is 3.04. The summed E-state index contributed by atoms with van der Waals surface area (Å²) in [6.07, 6.45) is -0.356. The van der Waals surface area contributed by atoms with Crippen molar-refractivity contribution in [3.8, 4) is 6.07 Å². The minimum absolute atomic E-state index is 0.305. The minimum atomic E-state index is -0.356. The number of nitriles is 1. The van der Waals surface area contributed by atoms with Gasteiger partial charge in [-0.15, -0.1) is 0 Å². The predicted octanol–water partition coefficient (Wildman–Crippen LogP) is 3.39. The number of nitrogens with zero attached hydrogens (tertiary/aromatic N) is 1. The highest BCUT2D eigenvalue weighted by molar-refractivity contribution is 5.43. The van der Waals surface area contributed by atoms with Gasteiger partial charge < -0.3 is 9.47 Å². The molecule has 0 aliphatic carbocycles. The number of benzene rings is 2. The second-order valence-electron chi connectivity index (χ2n) is 4.68. The van der Waals surface area contributed by atoms with Crippen LogP contribution in [0.1, 0.15) is 28.9 Å². The Labute approximate surface area is 118 Å². The number of hydrogen-bond donors (Lipinski definition) is 0. The first-order chi connectivity index (χ1) is 9.90. The quantitative estimate of drug-likeness (QED) is 0.854. The monoisotopic (exact) mass is 265 g/mol. The van der Waals surface area contributed by atoms with Crippen LogP contribution in [0.3, 0.4) is 0 Å². The molecule has 3 rings (SSSR count). The lowest BCUT2D eigenvalue weighted by atomic mass is 9.89. The van der Waals surface area contributed by atoms with Crippen LogP contribution in [0.4, 0.5) is 0 Å². The number of rotatable bonds is 3. The minimum Gasteiger partial charge on any atom is -0.346 e. The predicted molar refractivity (Wildman–Crippen MR) is 75.0 cm³/mol. The highest BCUT2D eigenvalue weighted by Gasteiger charge is 2.25. The smallest absolute Gasteiger partial charge is 0.184 e. The molecule has 0 aromatic heterocycles. The van der Waals surface area contributed by atoms with Gasteiger partial charge in [0.1, 0.15) is 0 Å². The lowest BCUT2D eigenvalue weighted by molar-refractivity contribution is -0.0447. The van der Waals surface area contributed by atoms with Gasteiger partial charge >= 0.3 is 0 Å². The van der Waals surface area contributed by atoms with Crippen LogP contribution in [0.25, 0.3) is 0 Å². The van der Waals surface area contributed by atoms with Crippen molar-refractivity contribution in [2.45, 2.75) is 12.2 Å². The van der Waals surface area contributed by atoms with E-state index in [9.17, 15) is 5.26 Å². The van der Waals surface area contributed by atoms with Gasteiger partial charge in [0.15, 0.2) is 6.29 Å². The van der Waals surface area contributed by atoms with E-state index < -0.39 is 0 Å². The molecule has 1 aliphatic rings. The molecule has 3 heteroatoms. The van der Waals surface area contributed by atoms with Crippen molar-refractivity contribution >= 4 is 0 Å². The van der Waals surface area contributed by atoms with Crippen molar-refractivity contribution in [2.24, 2.45) is 0 Å². The molecule has 3 nitrogen and oxygen atoms in total. The maximum Gasteiger partial charge on any atom is 0.184 e. The maximum atomic E-state index is 9.57. The summed E-state index contributed by atoms with van der Waals surface area (Å²) in [7, 11) is 0. The number of ether oxygens (including phenoxy) is 2. The fourth-order valence-corrected chi connectivity index (χ4v) is 2.50. The van der Waals surface area contributed by atoms with Gasteiger partial charge in [-0.3, -0.25) is 0 Å². The molecule has 1 fully saturated rings. The van der Waals surface area contributed by atoms with Crippen LogP contribution in [0.2, 0.25) is 0 Å². The third kappa shape index (κ3) is 2.44. The Morgan fingerprint density at radius 3 is 2.30 bits per heavy atom. The Morgan fingerprint density at radius 1 is 0.950 bits per heavy atom. The Bertz CT molecular complexity index is 612. The molecule has 0 radical (unpaired) electrons. The van der Waals surface area contributed by atoms with Crippen LogP contribution >= 0.6 is 0 Å². The summed E-state index contributed by atoms with van der Waals surface area (Å²) in [5.41, 5.74) is 2.88. The van der Waals surface area contributed by atoms with E-state index >= 15 is 0 Å². The van der Waals surface area contributed by atoms with Gasteiger partial charge in [-0.2, -0.15) is 5.26 Å². The summed E-state index contributed by atoms with van der Waals surface area (Å²) < 4.78 is 11.2. The van der Waals surface area contributed by atoms with Gasteiger partial charge in [0.25, 0.3) is 0 Å². The van der Waals surface area contributed by atoms with Gasteiger partial charge in [0, 0.05) is 5.56 Å². The van der Waals surface area contributed by atoms with Gasteiger partial charge in [0.2, 0.25) is 0 Å². The molecular weight excluding hydrogens is 250 g/mol.